The van der Waals surface area contributed by atoms with Crippen LogP contribution in [-0.4, -0.2) is 42.0 Å². The van der Waals surface area contributed by atoms with Gasteiger partial charge in [0.2, 0.25) is 0 Å². The van der Waals surface area contributed by atoms with Crippen LogP contribution >= 0.6 is 15.9 Å². The van der Waals surface area contributed by atoms with Gasteiger partial charge in [0.05, 0.1) is 0 Å². The molecule has 1 fully saturated rings. The highest BCUT2D eigenvalue weighted by Crippen LogP contribution is 2.23. The number of anilines is 1. The van der Waals surface area contributed by atoms with E-state index in [1.807, 2.05) is 30.0 Å². The van der Waals surface area contributed by atoms with Crippen molar-refractivity contribution < 1.29 is 4.79 Å². The fraction of sp³-hybridized carbons (Fsp3) is 0.435. The SMILES string of the molecule is Cc1cc(Br)ccc1NC(=O)N1CCN(Cc2ccc(C(C)(C)C)cc2)CC1. The number of carbonyl (C=O) groups excluding carboxylic acids is 1. The molecule has 28 heavy (non-hydrogen) atoms. The third-order valence-electron chi connectivity index (χ3n) is 5.32. The van der Waals surface area contributed by atoms with Crippen LogP contribution in [0.3, 0.4) is 0 Å². The number of carbonyl (C=O) groups is 1. The summed E-state index contributed by atoms with van der Waals surface area (Å²) in [4.78, 5) is 16.9. The van der Waals surface area contributed by atoms with Crippen LogP contribution in [0, 0.1) is 6.92 Å². The van der Waals surface area contributed by atoms with Gasteiger partial charge in [0, 0.05) is 42.9 Å². The molecule has 3 rings (SSSR count). The first-order valence-electron chi connectivity index (χ1n) is 9.86. The summed E-state index contributed by atoms with van der Waals surface area (Å²) in [6.07, 6.45) is 0. The number of benzene rings is 2. The van der Waals surface area contributed by atoms with Gasteiger partial charge in [-0.1, -0.05) is 61.0 Å². The Morgan fingerprint density at radius 3 is 2.25 bits per heavy atom. The van der Waals surface area contributed by atoms with E-state index in [0.29, 0.717) is 0 Å². The van der Waals surface area contributed by atoms with E-state index >= 15 is 0 Å². The number of hydrogen-bond donors (Lipinski definition) is 1. The minimum absolute atomic E-state index is 0.0143. The number of urea groups is 1. The zero-order chi connectivity index (χ0) is 20.3. The molecule has 2 amide bonds. The molecule has 150 valence electrons. The van der Waals surface area contributed by atoms with E-state index in [-0.39, 0.29) is 11.4 Å². The van der Waals surface area contributed by atoms with Crippen molar-refractivity contribution in [1.82, 2.24) is 9.80 Å². The maximum absolute atomic E-state index is 12.6. The van der Waals surface area contributed by atoms with Gasteiger partial charge in [0.25, 0.3) is 0 Å². The fourth-order valence-corrected chi connectivity index (χ4v) is 3.91. The summed E-state index contributed by atoms with van der Waals surface area (Å²) in [7, 11) is 0. The Labute approximate surface area is 177 Å². The number of nitrogens with one attached hydrogen (secondary N) is 1. The highest BCUT2D eigenvalue weighted by molar-refractivity contribution is 9.10. The zero-order valence-corrected chi connectivity index (χ0v) is 18.8. The molecule has 0 atom stereocenters. The van der Waals surface area contributed by atoms with E-state index in [2.05, 4.69) is 71.2 Å². The van der Waals surface area contributed by atoms with Gasteiger partial charge in [-0.3, -0.25) is 4.90 Å². The van der Waals surface area contributed by atoms with Crippen molar-refractivity contribution >= 4 is 27.6 Å². The van der Waals surface area contributed by atoms with Gasteiger partial charge in [-0.2, -0.15) is 0 Å². The molecular weight excluding hydrogens is 414 g/mol. The van der Waals surface area contributed by atoms with Crippen molar-refractivity contribution in [2.24, 2.45) is 0 Å². The van der Waals surface area contributed by atoms with Gasteiger partial charge < -0.3 is 10.2 Å². The average molecular weight is 444 g/mol. The molecule has 1 N–H and O–H groups in total. The van der Waals surface area contributed by atoms with Gasteiger partial charge in [-0.15, -0.1) is 0 Å². The minimum Gasteiger partial charge on any atom is -0.322 e. The van der Waals surface area contributed by atoms with Crippen molar-refractivity contribution in [3.63, 3.8) is 0 Å². The normalized spacial score (nSPS) is 15.5. The molecule has 2 aromatic rings. The van der Waals surface area contributed by atoms with Crippen molar-refractivity contribution in [3.05, 3.63) is 63.6 Å². The van der Waals surface area contributed by atoms with E-state index < -0.39 is 0 Å². The van der Waals surface area contributed by atoms with Gasteiger partial charge in [0.15, 0.2) is 0 Å². The Bertz CT molecular complexity index is 819. The summed E-state index contributed by atoms with van der Waals surface area (Å²) in [5.74, 6) is 0. The Morgan fingerprint density at radius 2 is 1.68 bits per heavy atom. The Hall–Kier alpha value is -1.85. The van der Waals surface area contributed by atoms with Crippen LogP contribution in [0.4, 0.5) is 10.5 Å². The van der Waals surface area contributed by atoms with Crippen LogP contribution in [0.1, 0.15) is 37.5 Å². The quantitative estimate of drug-likeness (QED) is 0.688. The van der Waals surface area contributed by atoms with E-state index in [9.17, 15) is 4.79 Å². The largest absolute Gasteiger partial charge is 0.322 e. The average Bonchev–Trinajstić information content (AvgIpc) is 2.64. The smallest absolute Gasteiger partial charge is 0.321 e. The predicted molar refractivity (Wildman–Crippen MR) is 120 cm³/mol. The number of nitrogens with zero attached hydrogens (tertiary/aromatic N) is 2. The third-order valence-corrected chi connectivity index (χ3v) is 5.81. The van der Waals surface area contributed by atoms with Crippen molar-refractivity contribution in [2.75, 3.05) is 31.5 Å². The number of rotatable bonds is 3. The van der Waals surface area contributed by atoms with Gasteiger partial charge in [0.1, 0.15) is 0 Å². The molecule has 1 aliphatic heterocycles. The molecule has 0 aromatic heterocycles. The van der Waals surface area contributed by atoms with Gasteiger partial charge in [-0.05, 0) is 47.2 Å². The number of piperazine rings is 1. The second-order valence-corrected chi connectivity index (χ2v) is 9.52. The lowest BCUT2D eigenvalue weighted by Gasteiger charge is -2.35. The Balaban J connectivity index is 1.50. The summed E-state index contributed by atoms with van der Waals surface area (Å²) in [5.41, 5.74) is 4.80. The highest BCUT2D eigenvalue weighted by Gasteiger charge is 2.22. The lowest BCUT2D eigenvalue weighted by atomic mass is 9.87. The summed E-state index contributed by atoms with van der Waals surface area (Å²) < 4.78 is 1.02. The van der Waals surface area contributed by atoms with Crippen molar-refractivity contribution in [2.45, 2.75) is 39.7 Å². The first kappa shape index (κ1) is 20.9. The van der Waals surface area contributed by atoms with E-state index in [4.69, 9.17) is 0 Å². The standard InChI is InChI=1S/C23H30BrN3O/c1-17-15-20(24)9-10-21(17)25-22(28)27-13-11-26(12-14-27)16-18-5-7-19(8-6-18)23(2,3)4/h5-10,15H,11-14,16H2,1-4H3,(H,25,28). The summed E-state index contributed by atoms with van der Waals surface area (Å²) in [6.45, 7) is 12.9. The lowest BCUT2D eigenvalue weighted by Crippen LogP contribution is -2.49. The molecule has 2 aromatic carbocycles. The zero-order valence-electron chi connectivity index (χ0n) is 17.3. The molecule has 0 spiro atoms. The topological polar surface area (TPSA) is 35.6 Å². The van der Waals surface area contributed by atoms with Crippen molar-refractivity contribution in [1.29, 1.82) is 0 Å². The van der Waals surface area contributed by atoms with E-state index in [0.717, 1.165) is 48.4 Å². The minimum atomic E-state index is -0.0143. The maximum atomic E-state index is 12.6. The molecular formula is C23H30BrN3O. The third kappa shape index (κ3) is 5.36. The Kier molecular flexibility index (Phi) is 6.46. The molecule has 0 unspecified atom stereocenters. The van der Waals surface area contributed by atoms with E-state index in [1.54, 1.807) is 0 Å². The van der Waals surface area contributed by atoms with Gasteiger partial charge in [-0.25, -0.2) is 4.79 Å². The van der Waals surface area contributed by atoms with Gasteiger partial charge >= 0.3 is 6.03 Å². The number of aryl methyl sites for hydroxylation is 1. The van der Waals surface area contributed by atoms with Crippen LogP contribution < -0.4 is 5.32 Å². The monoisotopic (exact) mass is 443 g/mol. The summed E-state index contributed by atoms with van der Waals surface area (Å²) >= 11 is 3.46. The van der Waals surface area contributed by atoms with Crippen LogP contribution in [0.25, 0.3) is 0 Å². The second-order valence-electron chi connectivity index (χ2n) is 8.60. The molecule has 1 aliphatic rings. The summed E-state index contributed by atoms with van der Waals surface area (Å²) in [6, 6.07) is 14.8. The molecule has 1 saturated heterocycles. The summed E-state index contributed by atoms with van der Waals surface area (Å²) in [5, 5.41) is 3.04. The molecule has 0 bridgehead atoms. The molecule has 4 nitrogen and oxygen atoms in total. The second kappa shape index (κ2) is 8.66. The van der Waals surface area contributed by atoms with Crippen LogP contribution in [-0.2, 0) is 12.0 Å². The number of halogens is 1. The van der Waals surface area contributed by atoms with E-state index in [1.165, 1.54) is 11.1 Å². The molecule has 0 radical (unpaired) electrons. The molecule has 1 heterocycles. The number of amides is 2. The first-order chi connectivity index (χ1) is 13.2. The molecule has 5 heteroatoms. The van der Waals surface area contributed by atoms with Crippen molar-refractivity contribution in [3.8, 4) is 0 Å². The maximum Gasteiger partial charge on any atom is 0.321 e. The van der Waals surface area contributed by atoms with Crippen LogP contribution in [0.15, 0.2) is 46.9 Å². The van der Waals surface area contributed by atoms with Crippen LogP contribution in [0.2, 0.25) is 0 Å². The predicted octanol–water partition coefficient (Wildman–Crippen LogP) is 5.40. The lowest BCUT2D eigenvalue weighted by molar-refractivity contribution is 0.143. The first-order valence-corrected chi connectivity index (χ1v) is 10.7. The highest BCUT2D eigenvalue weighted by atomic mass is 79.9. The molecule has 0 saturated carbocycles. The van der Waals surface area contributed by atoms with Crippen LogP contribution in [0.5, 0.6) is 0 Å². The molecule has 0 aliphatic carbocycles. The number of hydrogen-bond acceptors (Lipinski definition) is 2. The Morgan fingerprint density at radius 1 is 1.04 bits per heavy atom. The fourth-order valence-electron chi connectivity index (χ4n) is 3.44.